The second-order valence-corrected chi connectivity index (χ2v) is 10.7. The normalized spacial score (nSPS) is 16.3. The van der Waals surface area contributed by atoms with Crippen LogP contribution in [0.2, 0.25) is 0 Å². The fraction of sp³-hybridized carbons (Fsp3) is 0.406. The number of benzene rings is 2. The summed E-state index contributed by atoms with van der Waals surface area (Å²) in [7, 11) is 0. The molecule has 1 aromatic heterocycles. The molecule has 1 saturated heterocycles. The van der Waals surface area contributed by atoms with E-state index in [2.05, 4.69) is 10.3 Å². The molecule has 210 valence electrons. The maximum Gasteiger partial charge on any atom is 0.415 e. The van der Waals surface area contributed by atoms with E-state index in [0.29, 0.717) is 43.0 Å². The molecule has 0 radical (unpaired) electrons. The molecule has 1 aliphatic heterocycles. The van der Waals surface area contributed by atoms with Gasteiger partial charge in [-0.2, -0.15) is 0 Å². The summed E-state index contributed by atoms with van der Waals surface area (Å²) in [5.41, 5.74) is 1.81. The van der Waals surface area contributed by atoms with Gasteiger partial charge < -0.3 is 24.4 Å². The zero-order valence-electron chi connectivity index (χ0n) is 23.0. The van der Waals surface area contributed by atoms with Gasteiger partial charge in [0.15, 0.2) is 0 Å². The van der Waals surface area contributed by atoms with Crippen molar-refractivity contribution in [1.82, 2.24) is 9.88 Å². The Morgan fingerprint density at radius 2 is 1.52 bits per heavy atom. The van der Waals surface area contributed by atoms with E-state index in [9.17, 15) is 9.59 Å². The van der Waals surface area contributed by atoms with Crippen molar-refractivity contribution in [3.63, 3.8) is 0 Å². The maximum absolute atomic E-state index is 12.7. The van der Waals surface area contributed by atoms with Gasteiger partial charge in [-0.3, -0.25) is 4.79 Å². The Morgan fingerprint density at radius 1 is 0.850 bits per heavy atom. The number of likely N-dealkylation sites (tertiary alicyclic amines) is 1. The Morgan fingerprint density at radius 3 is 2.20 bits per heavy atom. The van der Waals surface area contributed by atoms with Gasteiger partial charge in [0.25, 0.3) is 0 Å². The number of rotatable bonds is 8. The van der Waals surface area contributed by atoms with Gasteiger partial charge >= 0.3 is 6.09 Å². The smallest absolute Gasteiger partial charge is 0.415 e. The van der Waals surface area contributed by atoms with Crippen LogP contribution in [0.25, 0.3) is 0 Å². The molecule has 0 bridgehead atoms. The first-order chi connectivity index (χ1) is 19.5. The lowest BCUT2D eigenvalue weighted by molar-refractivity contribution is -0.120. The minimum atomic E-state index is -0.350. The summed E-state index contributed by atoms with van der Waals surface area (Å²) in [6, 6.07) is 18.3. The predicted octanol–water partition coefficient (Wildman–Crippen LogP) is 6.99. The molecule has 0 spiro atoms. The average molecular weight is 544 g/mol. The average Bonchev–Trinajstić information content (AvgIpc) is 2.99. The number of carbonyl (C=O) groups excluding carboxylic acids is 2. The fourth-order valence-corrected chi connectivity index (χ4v) is 5.12. The Kier molecular flexibility index (Phi) is 9.16. The number of ether oxygens (including phenoxy) is 3. The van der Waals surface area contributed by atoms with Crippen LogP contribution in [0.1, 0.15) is 50.5 Å². The number of pyridine rings is 1. The van der Waals surface area contributed by atoms with Gasteiger partial charge in [0.1, 0.15) is 17.2 Å². The number of carbonyl (C=O) groups is 2. The number of nitrogens with one attached hydrogen (secondary N) is 1. The third-order valence-electron chi connectivity index (χ3n) is 7.59. The first kappa shape index (κ1) is 27.5. The van der Waals surface area contributed by atoms with Crippen molar-refractivity contribution in [2.45, 2.75) is 51.9 Å². The Balaban J connectivity index is 1.01. The number of aromatic nitrogens is 1. The van der Waals surface area contributed by atoms with Crippen LogP contribution >= 0.6 is 0 Å². The van der Waals surface area contributed by atoms with Crippen LogP contribution in [0.4, 0.5) is 10.5 Å². The van der Waals surface area contributed by atoms with E-state index < -0.39 is 0 Å². The molecule has 2 heterocycles. The summed E-state index contributed by atoms with van der Waals surface area (Å²) in [5.74, 6) is 3.05. The molecule has 1 N–H and O–H groups in total. The van der Waals surface area contributed by atoms with E-state index in [4.69, 9.17) is 14.2 Å². The number of anilines is 1. The van der Waals surface area contributed by atoms with Crippen molar-refractivity contribution in [2.75, 3.05) is 25.0 Å². The van der Waals surface area contributed by atoms with Crippen LogP contribution < -0.4 is 19.5 Å². The molecule has 8 nitrogen and oxygen atoms in total. The molecule has 2 amide bonds. The fourth-order valence-electron chi connectivity index (χ4n) is 5.12. The second kappa shape index (κ2) is 13.3. The van der Waals surface area contributed by atoms with Crippen molar-refractivity contribution in [3.8, 4) is 23.1 Å². The molecule has 2 fully saturated rings. The minimum absolute atomic E-state index is 0.0815. The summed E-state index contributed by atoms with van der Waals surface area (Å²) in [5, 5.41) is 2.99. The summed E-state index contributed by atoms with van der Waals surface area (Å²) in [6.07, 6.45) is 8.49. The van der Waals surface area contributed by atoms with Gasteiger partial charge in [0.2, 0.25) is 11.8 Å². The van der Waals surface area contributed by atoms with E-state index in [1.54, 1.807) is 35.4 Å². The minimum Gasteiger partial charge on any atom is -0.493 e. The van der Waals surface area contributed by atoms with Gasteiger partial charge in [-0.25, -0.2) is 9.78 Å². The highest BCUT2D eigenvalue weighted by Crippen LogP contribution is 2.27. The van der Waals surface area contributed by atoms with Gasteiger partial charge in [-0.1, -0.05) is 25.3 Å². The number of hydrogen-bond donors (Lipinski definition) is 1. The second-order valence-electron chi connectivity index (χ2n) is 10.7. The van der Waals surface area contributed by atoms with E-state index in [-0.39, 0.29) is 17.9 Å². The molecule has 1 aliphatic carbocycles. The van der Waals surface area contributed by atoms with Crippen molar-refractivity contribution in [1.29, 1.82) is 0 Å². The standard InChI is InChI=1S/C32H37N3O5/c1-23-7-16-30(33-21-23)39-28-14-12-27(13-15-28)38-22-24-17-19-35(20-18-24)32(37)40-29-10-8-26(9-11-29)34-31(36)25-5-3-2-4-6-25/h7-16,21,24-25H,2-6,17-20,22H2,1H3,(H,34,36). The number of nitrogens with zero attached hydrogens (tertiary/aromatic N) is 2. The number of piperidine rings is 1. The van der Waals surface area contributed by atoms with E-state index >= 15 is 0 Å². The number of hydrogen-bond acceptors (Lipinski definition) is 6. The first-order valence-corrected chi connectivity index (χ1v) is 14.2. The highest BCUT2D eigenvalue weighted by Gasteiger charge is 2.25. The molecule has 0 unspecified atom stereocenters. The monoisotopic (exact) mass is 543 g/mol. The Labute approximate surface area is 235 Å². The maximum atomic E-state index is 12.7. The molecule has 1 saturated carbocycles. The summed E-state index contributed by atoms with van der Waals surface area (Å²) in [6.45, 7) is 3.83. The highest BCUT2D eigenvalue weighted by molar-refractivity contribution is 5.92. The first-order valence-electron chi connectivity index (χ1n) is 14.2. The van der Waals surface area contributed by atoms with Crippen LogP contribution in [-0.4, -0.2) is 41.6 Å². The van der Waals surface area contributed by atoms with E-state index in [1.165, 1.54) is 6.42 Å². The Bertz CT molecular complexity index is 1250. The predicted molar refractivity (Wildman–Crippen MR) is 153 cm³/mol. The lowest BCUT2D eigenvalue weighted by Gasteiger charge is -2.31. The van der Waals surface area contributed by atoms with Crippen molar-refractivity contribution < 1.29 is 23.8 Å². The molecule has 8 heteroatoms. The SMILES string of the molecule is Cc1ccc(Oc2ccc(OCC3CCN(C(=O)Oc4ccc(NC(=O)C5CCCCC5)cc4)CC3)cc2)nc1. The van der Waals surface area contributed by atoms with Gasteiger partial charge in [0.05, 0.1) is 6.61 Å². The molecule has 2 aromatic carbocycles. The lowest BCUT2D eigenvalue weighted by Crippen LogP contribution is -2.41. The number of aryl methyl sites for hydroxylation is 1. The highest BCUT2D eigenvalue weighted by atomic mass is 16.6. The summed E-state index contributed by atoms with van der Waals surface area (Å²) < 4.78 is 17.4. The molecule has 5 rings (SSSR count). The molecule has 3 aromatic rings. The molecule has 0 atom stereocenters. The molecule has 40 heavy (non-hydrogen) atoms. The topological polar surface area (TPSA) is 90.0 Å². The van der Waals surface area contributed by atoms with Crippen LogP contribution in [0.5, 0.6) is 23.1 Å². The van der Waals surface area contributed by atoms with Gasteiger partial charge in [0, 0.05) is 37.0 Å². The largest absolute Gasteiger partial charge is 0.493 e. The third-order valence-corrected chi connectivity index (χ3v) is 7.59. The van der Waals surface area contributed by atoms with Crippen LogP contribution in [-0.2, 0) is 4.79 Å². The van der Waals surface area contributed by atoms with Gasteiger partial charge in [-0.15, -0.1) is 0 Å². The summed E-state index contributed by atoms with van der Waals surface area (Å²) in [4.78, 5) is 31.1. The van der Waals surface area contributed by atoms with Crippen molar-refractivity contribution >= 4 is 17.7 Å². The van der Waals surface area contributed by atoms with E-state index in [1.807, 2.05) is 43.3 Å². The summed E-state index contributed by atoms with van der Waals surface area (Å²) >= 11 is 0. The zero-order valence-corrected chi connectivity index (χ0v) is 23.0. The van der Waals surface area contributed by atoms with Crippen LogP contribution in [0, 0.1) is 18.8 Å². The molecular weight excluding hydrogens is 506 g/mol. The Hall–Kier alpha value is -4.07. The van der Waals surface area contributed by atoms with Crippen molar-refractivity contribution in [3.05, 3.63) is 72.4 Å². The van der Waals surface area contributed by atoms with Gasteiger partial charge in [-0.05, 0) is 92.6 Å². The van der Waals surface area contributed by atoms with Crippen LogP contribution in [0.3, 0.4) is 0 Å². The third kappa shape index (κ3) is 7.74. The number of amides is 2. The zero-order chi connectivity index (χ0) is 27.7. The van der Waals surface area contributed by atoms with Crippen LogP contribution in [0.15, 0.2) is 66.9 Å². The quantitative estimate of drug-likeness (QED) is 0.329. The molecule has 2 aliphatic rings. The molecular formula is C32H37N3O5. The lowest BCUT2D eigenvalue weighted by atomic mass is 9.88. The van der Waals surface area contributed by atoms with Crippen molar-refractivity contribution in [2.24, 2.45) is 11.8 Å². The van der Waals surface area contributed by atoms with E-state index in [0.717, 1.165) is 55.5 Å².